The minimum atomic E-state index is -0.0565. The lowest BCUT2D eigenvalue weighted by Crippen LogP contribution is -2.10. The van der Waals surface area contributed by atoms with Gasteiger partial charge in [-0.05, 0) is 43.2 Å². The van der Waals surface area contributed by atoms with E-state index in [1.165, 1.54) is 0 Å². The Balaban J connectivity index is 1.78. The van der Waals surface area contributed by atoms with E-state index < -0.39 is 0 Å². The lowest BCUT2D eigenvalue weighted by Gasteiger charge is -2.19. The average molecular weight is 433 g/mol. The van der Waals surface area contributed by atoms with Crippen LogP contribution in [-0.2, 0) is 0 Å². The summed E-state index contributed by atoms with van der Waals surface area (Å²) in [6.07, 6.45) is 0. The molecule has 7 heteroatoms. The highest BCUT2D eigenvalue weighted by molar-refractivity contribution is 5.89. The van der Waals surface area contributed by atoms with E-state index in [0.717, 1.165) is 27.6 Å². The van der Waals surface area contributed by atoms with Gasteiger partial charge in [-0.25, -0.2) is 4.98 Å². The number of aryl methyl sites for hydroxylation is 1. The number of methoxy groups -OCH3 is 2. The number of rotatable bonds is 7. The normalized spacial score (nSPS) is 12.2. The first-order valence-corrected chi connectivity index (χ1v) is 10.6. The molecule has 0 spiro atoms. The number of fused-ring (bicyclic) bond motifs is 1. The predicted octanol–water partition coefficient (Wildman–Crippen LogP) is 5.91. The van der Waals surface area contributed by atoms with Crippen molar-refractivity contribution < 1.29 is 14.0 Å². The van der Waals surface area contributed by atoms with E-state index in [2.05, 4.69) is 41.4 Å². The predicted molar refractivity (Wildman–Crippen MR) is 125 cm³/mol. The zero-order valence-electron chi connectivity index (χ0n) is 19.3. The summed E-state index contributed by atoms with van der Waals surface area (Å²) in [4.78, 5) is 9.56. The van der Waals surface area contributed by atoms with Crippen LogP contribution in [0.1, 0.15) is 49.7 Å². The molecule has 2 heterocycles. The fourth-order valence-electron chi connectivity index (χ4n) is 3.62. The molecule has 0 amide bonds. The van der Waals surface area contributed by atoms with Gasteiger partial charge in [0.2, 0.25) is 11.7 Å². The van der Waals surface area contributed by atoms with Gasteiger partial charge in [-0.1, -0.05) is 43.3 Å². The Kier molecular flexibility index (Phi) is 5.99. The summed E-state index contributed by atoms with van der Waals surface area (Å²) >= 11 is 0. The quantitative estimate of drug-likeness (QED) is 0.389. The second-order valence-electron chi connectivity index (χ2n) is 8.12. The van der Waals surface area contributed by atoms with Crippen molar-refractivity contribution in [2.24, 2.45) is 0 Å². The second-order valence-corrected chi connectivity index (χ2v) is 8.12. The highest BCUT2D eigenvalue weighted by atomic mass is 16.5. The average Bonchev–Trinajstić information content (AvgIpc) is 3.29. The molecular formula is C25H28N4O3. The van der Waals surface area contributed by atoms with E-state index in [-0.39, 0.29) is 12.0 Å². The van der Waals surface area contributed by atoms with Crippen molar-refractivity contribution in [1.82, 2.24) is 15.1 Å². The zero-order valence-corrected chi connectivity index (χ0v) is 19.3. The Bertz CT molecular complexity index is 1250. The molecule has 4 aromatic rings. The smallest absolute Gasteiger partial charge is 0.229 e. The summed E-state index contributed by atoms with van der Waals surface area (Å²) in [6.45, 7) is 8.18. The largest absolute Gasteiger partial charge is 0.493 e. The van der Waals surface area contributed by atoms with Crippen molar-refractivity contribution in [2.75, 3.05) is 19.5 Å². The first kappa shape index (κ1) is 21.6. The molecule has 0 aliphatic carbocycles. The van der Waals surface area contributed by atoms with Crippen LogP contribution in [0.2, 0.25) is 0 Å². The summed E-state index contributed by atoms with van der Waals surface area (Å²) in [6, 6.07) is 14.0. The van der Waals surface area contributed by atoms with E-state index in [4.69, 9.17) is 19.0 Å². The van der Waals surface area contributed by atoms with Crippen molar-refractivity contribution in [2.45, 2.75) is 39.7 Å². The number of benzene rings is 2. The van der Waals surface area contributed by atoms with E-state index in [0.29, 0.717) is 29.0 Å². The van der Waals surface area contributed by atoms with Gasteiger partial charge in [-0.3, -0.25) is 0 Å². The van der Waals surface area contributed by atoms with Crippen LogP contribution in [0.5, 0.6) is 11.5 Å². The van der Waals surface area contributed by atoms with Crippen LogP contribution in [0.4, 0.5) is 5.82 Å². The summed E-state index contributed by atoms with van der Waals surface area (Å²) in [5, 5.41) is 8.80. The van der Waals surface area contributed by atoms with Crippen LogP contribution in [0.3, 0.4) is 0 Å². The van der Waals surface area contributed by atoms with Crippen molar-refractivity contribution in [3.8, 4) is 22.9 Å². The number of hydrogen-bond donors (Lipinski definition) is 1. The Morgan fingerprint density at radius 1 is 0.938 bits per heavy atom. The van der Waals surface area contributed by atoms with Gasteiger partial charge in [0, 0.05) is 11.3 Å². The third-order valence-corrected chi connectivity index (χ3v) is 5.48. The van der Waals surface area contributed by atoms with Crippen LogP contribution in [-0.4, -0.2) is 29.3 Å². The lowest BCUT2D eigenvalue weighted by atomic mass is 10.1. The van der Waals surface area contributed by atoms with Crippen molar-refractivity contribution >= 4 is 16.7 Å². The van der Waals surface area contributed by atoms with Gasteiger partial charge >= 0.3 is 0 Å². The van der Waals surface area contributed by atoms with Gasteiger partial charge < -0.3 is 19.3 Å². The topological polar surface area (TPSA) is 82.3 Å². The van der Waals surface area contributed by atoms with Gasteiger partial charge in [0.1, 0.15) is 5.82 Å². The van der Waals surface area contributed by atoms with Crippen molar-refractivity contribution in [1.29, 1.82) is 0 Å². The van der Waals surface area contributed by atoms with E-state index in [9.17, 15) is 0 Å². The summed E-state index contributed by atoms with van der Waals surface area (Å²) < 4.78 is 16.3. The third-order valence-electron chi connectivity index (χ3n) is 5.48. The van der Waals surface area contributed by atoms with Gasteiger partial charge in [-0.15, -0.1) is 0 Å². The SMILES string of the molecule is COc1ccc(C(C)Nc2nc3c(C)cccc3cc2-c2noc(C(C)C)n2)cc1OC. The molecule has 0 saturated heterocycles. The third kappa shape index (κ3) is 4.10. The number of para-hydroxylation sites is 1. The molecule has 2 aromatic heterocycles. The highest BCUT2D eigenvalue weighted by Gasteiger charge is 2.19. The molecule has 2 aromatic carbocycles. The summed E-state index contributed by atoms with van der Waals surface area (Å²) in [7, 11) is 3.26. The van der Waals surface area contributed by atoms with Crippen LogP contribution >= 0.6 is 0 Å². The fraction of sp³-hybridized carbons (Fsp3) is 0.320. The molecular weight excluding hydrogens is 404 g/mol. The monoisotopic (exact) mass is 432 g/mol. The van der Waals surface area contributed by atoms with Crippen LogP contribution in [0, 0.1) is 6.92 Å². The number of pyridine rings is 1. The number of hydrogen-bond acceptors (Lipinski definition) is 7. The Labute approximate surface area is 187 Å². The van der Waals surface area contributed by atoms with Crippen LogP contribution in [0.25, 0.3) is 22.3 Å². The molecule has 0 radical (unpaired) electrons. The molecule has 0 aliphatic rings. The highest BCUT2D eigenvalue weighted by Crippen LogP contribution is 2.34. The molecule has 166 valence electrons. The van der Waals surface area contributed by atoms with Gasteiger partial charge in [0.15, 0.2) is 11.5 Å². The Morgan fingerprint density at radius 3 is 2.41 bits per heavy atom. The first-order valence-electron chi connectivity index (χ1n) is 10.6. The number of anilines is 1. The maximum atomic E-state index is 5.47. The molecule has 0 aliphatic heterocycles. The minimum Gasteiger partial charge on any atom is -0.493 e. The van der Waals surface area contributed by atoms with Gasteiger partial charge in [0.25, 0.3) is 0 Å². The van der Waals surface area contributed by atoms with E-state index in [1.54, 1.807) is 14.2 Å². The molecule has 1 unspecified atom stereocenters. The minimum absolute atomic E-state index is 0.0565. The van der Waals surface area contributed by atoms with E-state index in [1.807, 2.05) is 44.2 Å². The second kappa shape index (κ2) is 8.86. The van der Waals surface area contributed by atoms with Crippen molar-refractivity contribution in [3.63, 3.8) is 0 Å². The number of aromatic nitrogens is 3. The van der Waals surface area contributed by atoms with Crippen molar-refractivity contribution in [3.05, 3.63) is 59.5 Å². The lowest BCUT2D eigenvalue weighted by molar-refractivity contribution is 0.354. The fourth-order valence-corrected chi connectivity index (χ4v) is 3.62. The van der Waals surface area contributed by atoms with Gasteiger partial charge in [0.05, 0.1) is 31.3 Å². The van der Waals surface area contributed by atoms with E-state index >= 15 is 0 Å². The molecule has 1 N–H and O–H groups in total. The summed E-state index contributed by atoms with van der Waals surface area (Å²) in [5.41, 5.74) is 3.88. The molecule has 7 nitrogen and oxygen atoms in total. The number of ether oxygens (including phenoxy) is 2. The molecule has 0 saturated carbocycles. The Morgan fingerprint density at radius 2 is 1.72 bits per heavy atom. The van der Waals surface area contributed by atoms with Crippen LogP contribution in [0.15, 0.2) is 47.0 Å². The molecule has 4 rings (SSSR count). The maximum absolute atomic E-state index is 5.47. The van der Waals surface area contributed by atoms with Gasteiger partial charge in [-0.2, -0.15) is 4.98 Å². The zero-order chi connectivity index (χ0) is 22.8. The molecule has 1 atom stereocenters. The van der Waals surface area contributed by atoms with Crippen LogP contribution < -0.4 is 14.8 Å². The molecule has 0 bridgehead atoms. The maximum Gasteiger partial charge on any atom is 0.229 e. The standard InChI is InChI=1S/C25H28N4O3/c1-14(2)25-28-24(29-32-25)19-12-18-9-7-8-15(3)22(18)27-23(19)26-16(4)17-10-11-20(30-5)21(13-17)31-6/h7-14,16H,1-6H3,(H,26,27). The number of nitrogens with one attached hydrogen (secondary N) is 1. The molecule has 32 heavy (non-hydrogen) atoms. The number of nitrogens with zero attached hydrogens (tertiary/aromatic N) is 3. The summed E-state index contributed by atoms with van der Waals surface area (Å²) in [5.74, 6) is 3.34. The Hall–Kier alpha value is -3.61. The molecule has 0 fully saturated rings. The first-order chi connectivity index (χ1) is 15.4.